The van der Waals surface area contributed by atoms with Crippen LogP contribution in [0.2, 0.25) is 0 Å². The monoisotopic (exact) mass is 311 g/mol. The van der Waals surface area contributed by atoms with Crippen molar-refractivity contribution in [2.24, 2.45) is 5.73 Å². The number of thioether (sulfide) groups is 1. The van der Waals surface area contributed by atoms with Crippen LogP contribution in [0.5, 0.6) is 0 Å². The Balaban J connectivity index is 2.60. The molecule has 0 radical (unpaired) electrons. The number of amides is 3. The average Bonchev–Trinajstić information content (AvgIpc) is 2.46. The van der Waals surface area contributed by atoms with E-state index in [2.05, 4.69) is 10.6 Å². The van der Waals surface area contributed by atoms with Crippen molar-refractivity contribution in [3.63, 3.8) is 0 Å². The van der Waals surface area contributed by atoms with E-state index in [4.69, 9.17) is 5.73 Å². The van der Waals surface area contributed by atoms with E-state index in [9.17, 15) is 14.7 Å². The summed E-state index contributed by atoms with van der Waals surface area (Å²) in [5.41, 5.74) is 6.38. The largest absolute Gasteiger partial charge is 0.395 e. The van der Waals surface area contributed by atoms with E-state index in [0.717, 1.165) is 5.56 Å². The van der Waals surface area contributed by atoms with Gasteiger partial charge in [0.15, 0.2) is 0 Å². The maximum Gasteiger partial charge on any atom is 0.312 e. The molecular weight excluding hydrogens is 290 g/mol. The Labute approximate surface area is 128 Å². The van der Waals surface area contributed by atoms with Gasteiger partial charge in [0, 0.05) is 23.4 Å². The Bertz CT molecular complexity index is 475. The minimum atomic E-state index is -0.585. The number of aliphatic hydroxyl groups is 1. The maximum atomic E-state index is 12.1. The van der Waals surface area contributed by atoms with Crippen LogP contribution in [-0.2, 0) is 6.54 Å². The minimum absolute atomic E-state index is 0.0142. The number of carbonyl (C=O) groups excluding carboxylic acids is 2. The van der Waals surface area contributed by atoms with Gasteiger partial charge in [-0.3, -0.25) is 4.79 Å². The van der Waals surface area contributed by atoms with Crippen molar-refractivity contribution < 1.29 is 14.7 Å². The van der Waals surface area contributed by atoms with Gasteiger partial charge in [-0.05, 0) is 30.9 Å². The third-order valence-electron chi connectivity index (χ3n) is 3.08. The fourth-order valence-corrected chi connectivity index (χ4v) is 2.41. The van der Waals surface area contributed by atoms with Gasteiger partial charge in [0.2, 0.25) is 0 Å². The van der Waals surface area contributed by atoms with Gasteiger partial charge in [-0.25, -0.2) is 4.79 Å². The molecule has 2 unspecified atom stereocenters. The number of nitrogens with one attached hydrogen (secondary N) is 2. The van der Waals surface area contributed by atoms with Gasteiger partial charge in [-0.1, -0.05) is 12.1 Å². The standard InChI is InChI=1S/C14H21N3O3S/c1-9(12(8-18)21-2)17-13(19)11-5-3-10(4-6-11)7-16-14(15)20/h3-6,9,12,18H,7-8H2,1-2H3,(H,17,19)(H3,15,16,20). The number of primary amides is 1. The highest BCUT2D eigenvalue weighted by molar-refractivity contribution is 7.99. The fraction of sp³-hybridized carbons (Fsp3) is 0.429. The average molecular weight is 311 g/mol. The normalized spacial score (nSPS) is 13.3. The van der Waals surface area contributed by atoms with Crippen molar-refractivity contribution in [1.29, 1.82) is 0 Å². The lowest BCUT2D eigenvalue weighted by Gasteiger charge is -2.21. The summed E-state index contributed by atoms with van der Waals surface area (Å²) in [6, 6.07) is 6.17. The number of carbonyl (C=O) groups is 2. The van der Waals surface area contributed by atoms with E-state index >= 15 is 0 Å². The van der Waals surface area contributed by atoms with Crippen molar-refractivity contribution in [2.45, 2.75) is 24.8 Å². The fourth-order valence-electron chi connectivity index (χ4n) is 1.78. The number of aliphatic hydroxyl groups excluding tert-OH is 1. The Morgan fingerprint density at radius 1 is 1.33 bits per heavy atom. The highest BCUT2D eigenvalue weighted by atomic mass is 32.2. The van der Waals surface area contributed by atoms with E-state index in [1.165, 1.54) is 11.8 Å². The van der Waals surface area contributed by atoms with Gasteiger partial charge < -0.3 is 21.5 Å². The number of hydrogen-bond acceptors (Lipinski definition) is 4. The van der Waals surface area contributed by atoms with Crippen LogP contribution in [0.3, 0.4) is 0 Å². The second-order valence-electron chi connectivity index (χ2n) is 4.63. The first-order valence-corrected chi connectivity index (χ1v) is 7.83. The molecule has 0 saturated carbocycles. The summed E-state index contributed by atoms with van der Waals surface area (Å²) in [6.45, 7) is 2.20. The third-order valence-corrected chi connectivity index (χ3v) is 4.24. The Morgan fingerprint density at radius 3 is 2.43 bits per heavy atom. The van der Waals surface area contributed by atoms with Crippen molar-refractivity contribution in [3.8, 4) is 0 Å². The molecule has 5 N–H and O–H groups in total. The summed E-state index contributed by atoms with van der Waals surface area (Å²) in [7, 11) is 0. The smallest absolute Gasteiger partial charge is 0.312 e. The van der Waals surface area contributed by atoms with Gasteiger partial charge in [-0.2, -0.15) is 11.8 Å². The zero-order chi connectivity index (χ0) is 15.8. The predicted molar refractivity (Wildman–Crippen MR) is 84.2 cm³/mol. The molecule has 0 aromatic heterocycles. The molecule has 0 heterocycles. The molecule has 0 aliphatic carbocycles. The maximum absolute atomic E-state index is 12.1. The van der Waals surface area contributed by atoms with Crippen LogP contribution in [0.15, 0.2) is 24.3 Å². The lowest BCUT2D eigenvalue weighted by Crippen LogP contribution is -2.41. The molecule has 3 amide bonds. The number of benzene rings is 1. The van der Waals surface area contributed by atoms with Gasteiger partial charge in [0.05, 0.1) is 6.61 Å². The Kier molecular flexibility index (Phi) is 7.04. The molecule has 0 saturated heterocycles. The second-order valence-corrected chi connectivity index (χ2v) is 5.71. The van der Waals surface area contributed by atoms with Crippen LogP contribution in [0.1, 0.15) is 22.8 Å². The summed E-state index contributed by atoms with van der Waals surface area (Å²) in [4.78, 5) is 22.7. The molecule has 0 spiro atoms. The van der Waals surface area contributed by atoms with Crippen LogP contribution < -0.4 is 16.4 Å². The quantitative estimate of drug-likeness (QED) is 0.595. The molecule has 0 bridgehead atoms. The summed E-state index contributed by atoms with van der Waals surface area (Å²) >= 11 is 1.51. The molecule has 116 valence electrons. The zero-order valence-electron chi connectivity index (χ0n) is 12.1. The molecule has 7 heteroatoms. The van der Waals surface area contributed by atoms with Crippen molar-refractivity contribution >= 4 is 23.7 Å². The van der Waals surface area contributed by atoms with E-state index in [1.807, 2.05) is 13.2 Å². The molecular formula is C14H21N3O3S. The number of hydrogen-bond donors (Lipinski definition) is 4. The highest BCUT2D eigenvalue weighted by Crippen LogP contribution is 2.11. The molecule has 0 aliphatic heterocycles. The molecule has 6 nitrogen and oxygen atoms in total. The molecule has 1 aromatic carbocycles. The zero-order valence-corrected chi connectivity index (χ0v) is 12.9. The first-order chi connectivity index (χ1) is 9.97. The van der Waals surface area contributed by atoms with Gasteiger partial charge in [0.25, 0.3) is 5.91 Å². The van der Waals surface area contributed by atoms with E-state index < -0.39 is 6.03 Å². The first kappa shape index (κ1) is 17.3. The molecule has 2 atom stereocenters. The van der Waals surface area contributed by atoms with Crippen LogP contribution in [0, 0.1) is 0 Å². The van der Waals surface area contributed by atoms with E-state index in [1.54, 1.807) is 24.3 Å². The van der Waals surface area contributed by atoms with Crippen LogP contribution in [-0.4, -0.2) is 41.2 Å². The molecule has 1 aromatic rings. The van der Waals surface area contributed by atoms with Gasteiger partial charge in [0.1, 0.15) is 0 Å². The van der Waals surface area contributed by atoms with Gasteiger partial charge in [-0.15, -0.1) is 0 Å². The second kappa shape index (κ2) is 8.53. The van der Waals surface area contributed by atoms with E-state index in [-0.39, 0.29) is 23.8 Å². The van der Waals surface area contributed by atoms with Crippen molar-refractivity contribution in [1.82, 2.24) is 10.6 Å². The number of urea groups is 1. The number of nitrogens with two attached hydrogens (primary N) is 1. The lowest BCUT2D eigenvalue weighted by molar-refractivity contribution is 0.0936. The van der Waals surface area contributed by atoms with Crippen LogP contribution in [0.25, 0.3) is 0 Å². The molecule has 21 heavy (non-hydrogen) atoms. The molecule has 0 aliphatic rings. The Hall–Kier alpha value is -1.73. The molecule has 1 rings (SSSR count). The Morgan fingerprint density at radius 2 is 1.95 bits per heavy atom. The summed E-state index contributed by atoms with van der Waals surface area (Å²) < 4.78 is 0. The SMILES string of the molecule is CSC(CO)C(C)NC(=O)c1ccc(CNC(N)=O)cc1. The first-order valence-electron chi connectivity index (χ1n) is 6.54. The third kappa shape index (κ3) is 5.65. The number of rotatable bonds is 7. The summed E-state index contributed by atoms with van der Waals surface area (Å²) in [5.74, 6) is -0.190. The summed E-state index contributed by atoms with van der Waals surface area (Å²) in [6.07, 6.45) is 1.89. The predicted octanol–water partition coefficient (Wildman–Crippen LogP) is 0.697. The highest BCUT2D eigenvalue weighted by Gasteiger charge is 2.18. The van der Waals surface area contributed by atoms with E-state index in [0.29, 0.717) is 12.1 Å². The van der Waals surface area contributed by atoms with Crippen molar-refractivity contribution in [3.05, 3.63) is 35.4 Å². The summed E-state index contributed by atoms with van der Waals surface area (Å²) in [5, 5.41) is 14.5. The van der Waals surface area contributed by atoms with Gasteiger partial charge >= 0.3 is 6.03 Å². The molecule has 0 fully saturated rings. The topological polar surface area (TPSA) is 104 Å². The van der Waals surface area contributed by atoms with Crippen molar-refractivity contribution in [2.75, 3.05) is 12.9 Å². The minimum Gasteiger partial charge on any atom is -0.395 e. The van der Waals surface area contributed by atoms with Crippen LogP contribution in [0.4, 0.5) is 4.79 Å². The lowest BCUT2D eigenvalue weighted by atomic mass is 10.1. The van der Waals surface area contributed by atoms with Crippen LogP contribution >= 0.6 is 11.8 Å².